The Morgan fingerprint density at radius 3 is 2.75 bits per heavy atom. The van der Waals surface area contributed by atoms with Gasteiger partial charge in [0, 0.05) is 6.08 Å². The number of carbonyl (C=O) groups is 2. The fourth-order valence-electron chi connectivity index (χ4n) is 1.29. The van der Waals surface area contributed by atoms with Crippen molar-refractivity contribution in [1.82, 2.24) is 0 Å². The minimum Gasteiger partial charge on any atom is -0.454 e. The van der Waals surface area contributed by atoms with Crippen molar-refractivity contribution >= 4 is 67.7 Å². The molecule has 0 unspecified atom stereocenters. The van der Waals surface area contributed by atoms with E-state index in [1.54, 1.807) is 24.3 Å². The van der Waals surface area contributed by atoms with Crippen LogP contribution in [-0.4, -0.2) is 18.4 Å². The summed E-state index contributed by atoms with van der Waals surface area (Å²) in [6.07, 6.45) is 2.73. The second-order valence-electron chi connectivity index (χ2n) is 3.61. The maximum Gasteiger partial charge on any atom is 0.331 e. The highest BCUT2D eigenvalue weighted by molar-refractivity contribution is 14.1. The molecule has 0 bridgehead atoms. The molecule has 2 heterocycles. The van der Waals surface area contributed by atoms with Gasteiger partial charge < -0.3 is 9.15 Å². The van der Waals surface area contributed by atoms with E-state index in [0.717, 1.165) is 7.55 Å². The van der Waals surface area contributed by atoms with E-state index in [0.29, 0.717) is 10.6 Å². The van der Waals surface area contributed by atoms with E-state index in [1.807, 2.05) is 22.6 Å². The SMILES string of the molecule is O=C(/C=C/c1ccc(I)o1)OCC(=O)c1ccc(Br)s1. The van der Waals surface area contributed by atoms with Crippen molar-refractivity contribution < 1.29 is 18.7 Å². The van der Waals surface area contributed by atoms with E-state index in [9.17, 15) is 9.59 Å². The molecule has 0 aromatic carbocycles. The maximum absolute atomic E-state index is 11.7. The summed E-state index contributed by atoms with van der Waals surface area (Å²) in [7, 11) is 0. The molecule has 0 atom stereocenters. The van der Waals surface area contributed by atoms with E-state index >= 15 is 0 Å². The Hall–Kier alpha value is -0.930. The molecule has 7 heteroatoms. The molecule has 0 saturated carbocycles. The van der Waals surface area contributed by atoms with Crippen LogP contribution in [0.2, 0.25) is 0 Å². The van der Waals surface area contributed by atoms with Crippen LogP contribution in [-0.2, 0) is 9.53 Å². The Bertz CT molecular complexity index is 659. The van der Waals surface area contributed by atoms with E-state index in [2.05, 4.69) is 15.9 Å². The summed E-state index contributed by atoms with van der Waals surface area (Å²) in [6, 6.07) is 6.98. The Kier molecular flexibility index (Phi) is 5.55. The third kappa shape index (κ3) is 4.57. The first-order chi connectivity index (χ1) is 9.54. The fraction of sp³-hybridized carbons (Fsp3) is 0.0769. The molecule has 0 spiro atoms. The highest BCUT2D eigenvalue weighted by atomic mass is 127. The number of halogens is 2. The molecule has 2 aromatic heterocycles. The number of hydrogen-bond donors (Lipinski definition) is 0. The highest BCUT2D eigenvalue weighted by Crippen LogP contribution is 2.22. The van der Waals surface area contributed by atoms with Crippen LogP contribution in [0.5, 0.6) is 0 Å². The van der Waals surface area contributed by atoms with Crippen LogP contribution >= 0.6 is 49.9 Å². The van der Waals surface area contributed by atoms with Crippen molar-refractivity contribution in [2.45, 2.75) is 0 Å². The van der Waals surface area contributed by atoms with E-state index in [1.165, 1.54) is 23.5 Å². The Morgan fingerprint density at radius 2 is 2.15 bits per heavy atom. The fourth-order valence-corrected chi connectivity index (χ4v) is 3.03. The van der Waals surface area contributed by atoms with Crippen molar-refractivity contribution in [3.63, 3.8) is 0 Å². The van der Waals surface area contributed by atoms with Gasteiger partial charge in [-0.1, -0.05) is 0 Å². The second kappa shape index (κ2) is 7.19. The highest BCUT2D eigenvalue weighted by Gasteiger charge is 2.10. The first-order valence-electron chi connectivity index (χ1n) is 5.43. The van der Waals surface area contributed by atoms with Crippen molar-refractivity contribution in [3.05, 3.63) is 48.5 Å². The van der Waals surface area contributed by atoms with Crippen LogP contribution in [0.15, 0.2) is 38.5 Å². The van der Waals surface area contributed by atoms with Crippen molar-refractivity contribution in [2.75, 3.05) is 6.61 Å². The zero-order valence-electron chi connectivity index (χ0n) is 9.97. The minimum absolute atomic E-state index is 0.227. The molecule has 0 aliphatic rings. The first kappa shape index (κ1) is 15.5. The number of furan rings is 1. The maximum atomic E-state index is 11.7. The molecule has 2 aromatic rings. The molecule has 0 radical (unpaired) electrons. The molecule has 0 N–H and O–H groups in total. The molecule has 0 aliphatic heterocycles. The summed E-state index contributed by atoms with van der Waals surface area (Å²) in [5.74, 6) is -0.254. The van der Waals surface area contributed by atoms with E-state index in [-0.39, 0.29) is 12.4 Å². The average Bonchev–Trinajstić information content (AvgIpc) is 3.02. The van der Waals surface area contributed by atoms with Crippen LogP contribution in [0.25, 0.3) is 6.08 Å². The normalized spacial score (nSPS) is 10.9. The number of esters is 1. The molecule has 104 valence electrons. The summed E-state index contributed by atoms with van der Waals surface area (Å²) in [5, 5.41) is 0. The smallest absolute Gasteiger partial charge is 0.331 e. The number of Topliss-reactive ketones (excluding diaryl/α,β-unsaturated/α-hetero) is 1. The number of carbonyl (C=O) groups excluding carboxylic acids is 2. The third-order valence-electron chi connectivity index (χ3n) is 2.17. The van der Waals surface area contributed by atoms with Crippen LogP contribution in [0.3, 0.4) is 0 Å². The number of hydrogen-bond acceptors (Lipinski definition) is 5. The molecular weight excluding hydrogens is 459 g/mol. The number of ether oxygens (including phenoxy) is 1. The van der Waals surface area contributed by atoms with Gasteiger partial charge in [0.05, 0.1) is 8.66 Å². The standard InChI is InChI=1S/C13H8BrIO4S/c14-11-4-3-10(20-11)9(16)7-18-13(17)6-2-8-1-5-12(15)19-8/h1-6H,7H2/b6-2+. The van der Waals surface area contributed by atoms with Crippen LogP contribution in [0, 0.1) is 3.77 Å². The van der Waals surface area contributed by atoms with Gasteiger partial charge >= 0.3 is 5.97 Å². The van der Waals surface area contributed by atoms with Gasteiger partial charge in [0.15, 0.2) is 10.4 Å². The largest absolute Gasteiger partial charge is 0.454 e. The monoisotopic (exact) mass is 466 g/mol. The van der Waals surface area contributed by atoms with E-state index < -0.39 is 5.97 Å². The molecule has 0 saturated heterocycles. The quantitative estimate of drug-likeness (QED) is 0.287. The molecule has 0 amide bonds. The zero-order chi connectivity index (χ0) is 14.5. The van der Waals surface area contributed by atoms with Gasteiger partial charge in [-0.05, 0) is 68.9 Å². The van der Waals surface area contributed by atoms with Crippen LogP contribution in [0.1, 0.15) is 15.4 Å². The third-order valence-corrected chi connectivity index (χ3v) is 4.42. The molecule has 0 fully saturated rings. The first-order valence-corrected chi connectivity index (χ1v) is 8.12. The average molecular weight is 467 g/mol. The van der Waals surface area contributed by atoms with E-state index in [4.69, 9.17) is 9.15 Å². The molecule has 20 heavy (non-hydrogen) atoms. The van der Waals surface area contributed by atoms with Crippen molar-refractivity contribution in [1.29, 1.82) is 0 Å². The van der Waals surface area contributed by atoms with Crippen molar-refractivity contribution in [2.24, 2.45) is 0 Å². The van der Waals surface area contributed by atoms with Gasteiger partial charge in [-0.3, -0.25) is 4.79 Å². The van der Waals surface area contributed by atoms with Gasteiger partial charge in [-0.25, -0.2) is 4.79 Å². The number of rotatable bonds is 5. The van der Waals surface area contributed by atoms with Gasteiger partial charge in [0.25, 0.3) is 0 Å². The molecule has 0 aliphatic carbocycles. The van der Waals surface area contributed by atoms with Crippen LogP contribution < -0.4 is 0 Å². The summed E-state index contributed by atoms with van der Waals surface area (Å²) >= 11 is 6.60. The van der Waals surface area contributed by atoms with Gasteiger partial charge in [0.2, 0.25) is 5.78 Å². The summed E-state index contributed by atoms with van der Waals surface area (Å²) in [5.41, 5.74) is 0. The molecular formula is C13H8BrIO4S. The number of thiophene rings is 1. The lowest BCUT2D eigenvalue weighted by atomic mass is 10.3. The van der Waals surface area contributed by atoms with Crippen molar-refractivity contribution in [3.8, 4) is 0 Å². The number of ketones is 1. The summed E-state index contributed by atoms with van der Waals surface area (Å²) < 4.78 is 11.7. The Labute approximate surface area is 141 Å². The van der Waals surface area contributed by atoms with Gasteiger partial charge in [-0.15, -0.1) is 11.3 Å². The summed E-state index contributed by atoms with van der Waals surface area (Å²) in [6.45, 7) is -0.272. The topological polar surface area (TPSA) is 56.5 Å². The lowest BCUT2D eigenvalue weighted by Gasteiger charge is -1.98. The van der Waals surface area contributed by atoms with Gasteiger partial charge in [0.1, 0.15) is 5.76 Å². The molecule has 2 rings (SSSR count). The lowest BCUT2D eigenvalue weighted by Crippen LogP contribution is -2.11. The summed E-state index contributed by atoms with van der Waals surface area (Å²) in [4.78, 5) is 23.7. The Morgan fingerprint density at radius 1 is 1.35 bits per heavy atom. The minimum atomic E-state index is -0.583. The second-order valence-corrected chi connectivity index (χ2v) is 7.14. The lowest BCUT2D eigenvalue weighted by molar-refractivity contribution is -0.136. The predicted molar refractivity (Wildman–Crippen MR) is 87.8 cm³/mol. The zero-order valence-corrected chi connectivity index (χ0v) is 14.5. The Balaban J connectivity index is 1.83. The molecule has 4 nitrogen and oxygen atoms in total. The van der Waals surface area contributed by atoms with Gasteiger partial charge in [-0.2, -0.15) is 0 Å². The van der Waals surface area contributed by atoms with Crippen LogP contribution in [0.4, 0.5) is 0 Å². The predicted octanol–water partition coefficient (Wildman–Crippen LogP) is 4.15.